The Bertz CT molecular complexity index is 1040. The van der Waals surface area contributed by atoms with Crippen molar-refractivity contribution >= 4 is 22.6 Å². The van der Waals surface area contributed by atoms with Gasteiger partial charge in [-0.3, -0.25) is 14.0 Å². The molecule has 0 radical (unpaired) electrons. The van der Waals surface area contributed by atoms with E-state index in [9.17, 15) is 9.59 Å². The van der Waals surface area contributed by atoms with Crippen molar-refractivity contribution in [3.8, 4) is 0 Å². The summed E-state index contributed by atoms with van der Waals surface area (Å²) >= 11 is 0. The third kappa shape index (κ3) is 2.89. The molecule has 3 heterocycles. The molecule has 1 saturated carbocycles. The number of hydrogen-bond donors (Lipinski definition) is 1. The molecule has 0 saturated heterocycles. The minimum atomic E-state index is -0.141. The molecular weight excluding hydrogens is 328 g/mol. The molecule has 6 nitrogen and oxygen atoms in total. The quantitative estimate of drug-likeness (QED) is 0.721. The molecule has 0 aliphatic heterocycles. The Kier molecular flexibility index (Phi) is 4.26. The van der Waals surface area contributed by atoms with Gasteiger partial charge in [-0.25, -0.2) is 4.98 Å². The predicted octanol–water partition coefficient (Wildman–Crippen LogP) is 2.95. The topological polar surface area (TPSA) is 68.4 Å². The summed E-state index contributed by atoms with van der Waals surface area (Å²) in [6.07, 6.45) is 8.64. The Hall–Kier alpha value is -2.63. The van der Waals surface area contributed by atoms with E-state index in [4.69, 9.17) is 0 Å². The third-order valence-corrected chi connectivity index (χ3v) is 5.37. The molecule has 0 atom stereocenters. The van der Waals surface area contributed by atoms with Crippen molar-refractivity contribution in [2.75, 3.05) is 0 Å². The Morgan fingerprint density at radius 1 is 1.19 bits per heavy atom. The average Bonchev–Trinajstić information content (AvgIpc) is 2.79. The first-order chi connectivity index (χ1) is 12.5. The highest BCUT2D eigenvalue weighted by molar-refractivity contribution is 5.98. The molecule has 6 heteroatoms. The number of amides is 1. The van der Waals surface area contributed by atoms with Gasteiger partial charge in [-0.15, -0.1) is 0 Å². The first kappa shape index (κ1) is 16.8. The van der Waals surface area contributed by atoms with E-state index < -0.39 is 0 Å². The summed E-state index contributed by atoms with van der Waals surface area (Å²) in [4.78, 5) is 30.2. The van der Waals surface area contributed by atoms with E-state index in [-0.39, 0.29) is 17.5 Å². The van der Waals surface area contributed by atoms with E-state index in [1.807, 2.05) is 19.1 Å². The maximum absolute atomic E-state index is 12.8. The standard InChI is InChI=1S/C20H24N4O2/c1-13-9-10-17-22-18-15(20(26)24(17)12-13)11-16(23(18)2)19(25)21-14-7-5-3-4-6-8-14/h9-12,14H,3-8H2,1-2H3,(H,21,25). The summed E-state index contributed by atoms with van der Waals surface area (Å²) in [6.45, 7) is 1.94. The molecule has 0 unspecified atom stereocenters. The van der Waals surface area contributed by atoms with Gasteiger partial charge >= 0.3 is 0 Å². The van der Waals surface area contributed by atoms with Crippen LogP contribution in [0.4, 0.5) is 0 Å². The molecule has 3 aromatic heterocycles. The second-order valence-corrected chi connectivity index (χ2v) is 7.34. The van der Waals surface area contributed by atoms with E-state index in [0.29, 0.717) is 22.4 Å². The Morgan fingerprint density at radius 3 is 2.65 bits per heavy atom. The molecule has 4 rings (SSSR count). The van der Waals surface area contributed by atoms with Gasteiger partial charge in [-0.2, -0.15) is 0 Å². The molecule has 26 heavy (non-hydrogen) atoms. The van der Waals surface area contributed by atoms with E-state index in [1.165, 1.54) is 12.8 Å². The molecular formula is C20H24N4O2. The van der Waals surface area contributed by atoms with Crippen LogP contribution in [0.5, 0.6) is 0 Å². The second kappa shape index (κ2) is 6.59. The molecule has 3 aromatic rings. The minimum Gasteiger partial charge on any atom is -0.348 e. The van der Waals surface area contributed by atoms with Crippen LogP contribution < -0.4 is 10.9 Å². The Morgan fingerprint density at radius 2 is 1.92 bits per heavy atom. The van der Waals surface area contributed by atoms with Crippen LogP contribution in [0.25, 0.3) is 16.7 Å². The van der Waals surface area contributed by atoms with Crippen molar-refractivity contribution in [1.82, 2.24) is 19.3 Å². The van der Waals surface area contributed by atoms with Crippen molar-refractivity contribution in [2.45, 2.75) is 51.5 Å². The second-order valence-electron chi connectivity index (χ2n) is 7.34. The van der Waals surface area contributed by atoms with Crippen LogP contribution in [0.15, 0.2) is 29.2 Å². The summed E-state index contributed by atoms with van der Waals surface area (Å²) in [5, 5.41) is 3.62. The lowest BCUT2D eigenvalue weighted by Crippen LogP contribution is -2.35. The lowest BCUT2D eigenvalue weighted by molar-refractivity contribution is 0.0925. The highest BCUT2D eigenvalue weighted by atomic mass is 16.2. The van der Waals surface area contributed by atoms with Gasteiger partial charge in [0.1, 0.15) is 17.0 Å². The summed E-state index contributed by atoms with van der Waals surface area (Å²) in [5.41, 5.74) is 2.47. The number of rotatable bonds is 2. The molecule has 0 bridgehead atoms. The van der Waals surface area contributed by atoms with Crippen molar-refractivity contribution in [2.24, 2.45) is 7.05 Å². The van der Waals surface area contributed by atoms with Gasteiger partial charge in [0.15, 0.2) is 0 Å². The molecule has 136 valence electrons. The van der Waals surface area contributed by atoms with Gasteiger partial charge in [0, 0.05) is 19.3 Å². The van der Waals surface area contributed by atoms with Crippen LogP contribution in [0.1, 0.15) is 54.6 Å². The maximum atomic E-state index is 12.8. The van der Waals surface area contributed by atoms with Crippen molar-refractivity contribution in [3.63, 3.8) is 0 Å². The summed E-state index contributed by atoms with van der Waals surface area (Å²) in [6, 6.07) is 5.65. The van der Waals surface area contributed by atoms with E-state index in [2.05, 4.69) is 10.3 Å². The zero-order chi connectivity index (χ0) is 18.3. The number of nitrogens with one attached hydrogen (secondary N) is 1. The number of pyridine rings is 1. The maximum Gasteiger partial charge on any atom is 0.268 e. The minimum absolute atomic E-state index is 0.123. The molecule has 1 aliphatic rings. The zero-order valence-electron chi connectivity index (χ0n) is 15.3. The van der Waals surface area contributed by atoms with Crippen molar-refractivity contribution < 1.29 is 4.79 Å². The van der Waals surface area contributed by atoms with E-state index in [1.54, 1.807) is 28.3 Å². The van der Waals surface area contributed by atoms with Crippen LogP contribution in [0, 0.1) is 6.92 Å². The number of hydrogen-bond acceptors (Lipinski definition) is 3. The van der Waals surface area contributed by atoms with Gasteiger partial charge in [-0.1, -0.05) is 31.7 Å². The van der Waals surface area contributed by atoms with Gasteiger partial charge < -0.3 is 9.88 Å². The normalized spacial score (nSPS) is 16.1. The van der Waals surface area contributed by atoms with E-state index >= 15 is 0 Å². The fourth-order valence-corrected chi connectivity index (χ4v) is 3.88. The zero-order valence-corrected chi connectivity index (χ0v) is 15.3. The molecule has 1 amide bonds. The predicted molar refractivity (Wildman–Crippen MR) is 102 cm³/mol. The number of fused-ring (bicyclic) bond motifs is 2. The number of aromatic nitrogens is 3. The van der Waals surface area contributed by atoms with Gasteiger partial charge in [0.05, 0.1) is 5.39 Å². The van der Waals surface area contributed by atoms with Gasteiger partial charge in [0.25, 0.3) is 11.5 Å². The summed E-state index contributed by atoms with van der Waals surface area (Å²) < 4.78 is 3.27. The molecule has 1 aliphatic carbocycles. The lowest BCUT2D eigenvalue weighted by atomic mass is 10.1. The Balaban J connectivity index is 1.75. The lowest BCUT2D eigenvalue weighted by Gasteiger charge is -2.16. The largest absolute Gasteiger partial charge is 0.348 e. The van der Waals surface area contributed by atoms with Crippen LogP contribution in [0.2, 0.25) is 0 Å². The van der Waals surface area contributed by atoms with Crippen molar-refractivity contribution in [3.05, 3.63) is 46.0 Å². The highest BCUT2D eigenvalue weighted by Crippen LogP contribution is 2.19. The molecule has 1 N–H and O–H groups in total. The van der Waals surface area contributed by atoms with Crippen LogP contribution in [0.3, 0.4) is 0 Å². The molecule has 0 aromatic carbocycles. The fraction of sp³-hybridized carbons (Fsp3) is 0.450. The van der Waals surface area contributed by atoms with Crippen LogP contribution >= 0.6 is 0 Å². The average molecular weight is 352 g/mol. The highest BCUT2D eigenvalue weighted by Gasteiger charge is 2.21. The number of carbonyl (C=O) groups is 1. The first-order valence-electron chi connectivity index (χ1n) is 9.34. The SMILES string of the molecule is Cc1ccc2nc3c(cc(C(=O)NC4CCCCCC4)n3C)c(=O)n2c1. The third-order valence-electron chi connectivity index (χ3n) is 5.37. The number of nitrogens with zero attached hydrogens (tertiary/aromatic N) is 3. The van der Waals surface area contributed by atoms with Gasteiger partial charge in [-0.05, 0) is 37.5 Å². The summed E-state index contributed by atoms with van der Waals surface area (Å²) in [7, 11) is 1.79. The first-order valence-corrected chi connectivity index (χ1v) is 9.34. The smallest absolute Gasteiger partial charge is 0.268 e. The van der Waals surface area contributed by atoms with E-state index in [0.717, 1.165) is 31.2 Å². The number of aryl methyl sites for hydroxylation is 2. The monoisotopic (exact) mass is 352 g/mol. The summed E-state index contributed by atoms with van der Waals surface area (Å²) in [5.74, 6) is -0.123. The molecule has 1 fully saturated rings. The molecule has 0 spiro atoms. The van der Waals surface area contributed by atoms with Gasteiger partial charge in [0.2, 0.25) is 0 Å². The fourth-order valence-electron chi connectivity index (χ4n) is 3.88. The number of carbonyl (C=O) groups excluding carboxylic acids is 1. The van der Waals surface area contributed by atoms with Crippen molar-refractivity contribution in [1.29, 1.82) is 0 Å². The Labute approximate surface area is 151 Å². The van der Waals surface area contributed by atoms with Crippen LogP contribution in [-0.2, 0) is 7.05 Å². The van der Waals surface area contributed by atoms with Crippen LogP contribution in [-0.4, -0.2) is 25.9 Å².